The number of carbonyl (C=O) groups is 4. The quantitative estimate of drug-likeness (QED) is 0.264. The molecule has 5 rings (SSSR count). The summed E-state index contributed by atoms with van der Waals surface area (Å²) in [7, 11) is 1.32. The average Bonchev–Trinajstić information content (AvgIpc) is 3.21. The molecule has 13 heteroatoms. The third-order valence-corrected chi connectivity index (χ3v) is 7.22. The van der Waals surface area contributed by atoms with Crippen molar-refractivity contribution in [3.05, 3.63) is 50.4 Å². The van der Waals surface area contributed by atoms with Crippen molar-refractivity contribution in [3.63, 3.8) is 0 Å². The van der Waals surface area contributed by atoms with Crippen molar-refractivity contribution in [2.24, 2.45) is 5.11 Å². The highest BCUT2D eigenvalue weighted by Gasteiger charge is 2.56. The van der Waals surface area contributed by atoms with Crippen LogP contribution in [0.5, 0.6) is 5.75 Å². The fourth-order valence-corrected chi connectivity index (χ4v) is 5.77. The Bertz CT molecular complexity index is 1340. The molecule has 7 atom stereocenters. The summed E-state index contributed by atoms with van der Waals surface area (Å²) in [4.78, 5) is 53.9. The van der Waals surface area contributed by atoms with Crippen LogP contribution in [0.2, 0.25) is 0 Å². The van der Waals surface area contributed by atoms with Gasteiger partial charge in [-0.2, -0.15) is 0 Å². The van der Waals surface area contributed by atoms with Crippen LogP contribution in [0.4, 0.5) is 0 Å². The summed E-state index contributed by atoms with van der Waals surface area (Å²) in [5.74, 6) is -4.58. The van der Waals surface area contributed by atoms with E-state index in [1.807, 2.05) is 0 Å². The van der Waals surface area contributed by atoms with Crippen LogP contribution in [0.1, 0.15) is 66.0 Å². The zero-order chi connectivity index (χ0) is 27.5. The molecular weight excluding hydrogens is 502 g/mol. The van der Waals surface area contributed by atoms with Crippen LogP contribution in [0.25, 0.3) is 10.4 Å². The number of Topliss-reactive ketones (excluding diaryl/α,β-unsaturated/α-hetero) is 2. The van der Waals surface area contributed by atoms with Crippen LogP contribution in [-0.4, -0.2) is 72.0 Å². The molecule has 1 N–H and O–H groups in total. The van der Waals surface area contributed by atoms with Crippen molar-refractivity contribution >= 4 is 23.5 Å². The third kappa shape index (κ3) is 3.95. The highest BCUT2D eigenvalue weighted by Crippen LogP contribution is 2.48. The van der Waals surface area contributed by atoms with E-state index in [4.69, 9.17) is 29.2 Å². The Morgan fingerprint density at radius 2 is 2.00 bits per heavy atom. The van der Waals surface area contributed by atoms with Gasteiger partial charge in [-0.05, 0) is 31.9 Å². The first kappa shape index (κ1) is 25.9. The van der Waals surface area contributed by atoms with E-state index in [0.29, 0.717) is 5.56 Å². The molecule has 0 saturated carbocycles. The molecule has 2 fully saturated rings. The van der Waals surface area contributed by atoms with E-state index in [2.05, 4.69) is 10.0 Å². The highest BCUT2D eigenvalue weighted by molar-refractivity contribution is 6.29. The SMILES string of the molecule is COc1c([C@H]2C[C@H](N=[N+]=[N-])[C@H](OC(C)=O)[C@@H](C)O2)ccc2c1C(=O)C1=C(C2=O)[C@@H]2OC(=O)C[C@@H]2O[C@@]1(C)O. The van der Waals surface area contributed by atoms with Crippen LogP contribution in [0.15, 0.2) is 28.4 Å². The lowest BCUT2D eigenvalue weighted by molar-refractivity contribution is -0.206. The lowest BCUT2D eigenvalue weighted by Crippen LogP contribution is -2.51. The van der Waals surface area contributed by atoms with Gasteiger partial charge in [0.2, 0.25) is 0 Å². The van der Waals surface area contributed by atoms with Gasteiger partial charge in [-0.3, -0.25) is 19.2 Å². The van der Waals surface area contributed by atoms with Crippen molar-refractivity contribution in [1.29, 1.82) is 0 Å². The van der Waals surface area contributed by atoms with Crippen LogP contribution < -0.4 is 4.74 Å². The molecule has 0 aromatic heterocycles. The minimum atomic E-state index is -2.16. The second kappa shape index (κ2) is 9.21. The average molecular weight is 527 g/mol. The Balaban J connectivity index is 1.59. The van der Waals surface area contributed by atoms with Gasteiger partial charge in [0.25, 0.3) is 0 Å². The van der Waals surface area contributed by atoms with E-state index in [0.717, 1.165) is 0 Å². The lowest BCUT2D eigenvalue weighted by Gasteiger charge is -2.41. The number of methoxy groups -OCH3 is 1. The van der Waals surface area contributed by atoms with Gasteiger partial charge in [0.05, 0.1) is 48.5 Å². The van der Waals surface area contributed by atoms with Crippen molar-refractivity contribution in [3.8, 4) is 5.75 Å². The van der Waals surface area contributed by atoms with E-state index >= 15 is 0 Å². The third-order valence-electron chi connectivity index (χ3n) is 7.22. The number of hydrogen-bond donors (Lipinski definition) is 1. The Labute approximate surface area is 216 Å². The standard InChI is InChI=1S/C25H25N3O10/c1-9-22(36-10(2)29)13(27-28-26)7-14(35-9)11-5-6-12-17(23(11)34-4)21(32)19-18(20(12)31)24-15(8-16(30)37-24)38-25(19,3)33/h5-6,9,13-15,22,24,33H,7-8H2,1-4H3/t9-,13+,14-,15+,22-,24-,25-/m1/s1. The number of ketones is 2. The fourth-order valence-electron chi connectivity index (χ4n) is 5.77. The van der Waals surface area contributed by atoms with E-state index < -0.39 is 65.9 Å². The molecule has 0 radical (unpaired) electrons. The van der Waals surface area contributed by atoms with Crippen LogP contribution in [0.3, 0.4) is 0 Å². The second-order valence-electron chi connectivity index (χ2n) is 9.72. The zero-order valence-corrected chi connectivity index (χ0v) is 21.0. The summed E-state index contributed by atoms with van der Waals surface area (Å²) < 4.78 is 27.9. The first-order chi connectivity index (χ1) is 18.0. The molecule has 3 aliphatic heterocycles. The molecule has 2 saturated heterocycles. The van der Waals surface area contributed by atoms with Gasteiger partial charge < -0.3 is 28.8 Å². The summed E-state index contributed by atoms with van der Waals surface area (Å²) in [5, 5.41) is 14.8. The van der Waals surface area contributed by atoms with Gasteiger partial charge in [-0.25, -0.2) is 0 Å². The van der Waals surface area contributed by atoms with Gasteiger partial charge in [-0.1, -0.05) is 11.2 Å². The summed E-state index contributed by atoms with van der Waals surface area (Å²) in [6.07, 6.45) is -4.34. The lowest BCUT2D eigenvalue weighted by atomic mass is 9.75. The summed E-state index contributed by atoms with van der Waals surface area (Å²) >= 11 is 0. The van der Waals surface area contributed by atoms with Crippen LogP contribution in [0, 0.1) is 0 Å². The molecule has 0 unspecified atom stereocenters. The molecule has 4 aliphatic rings. The Kier molecular flexibility index (Phi) is 6.27. The van der Waals surface area contributed by atoms with Gasteiger partial charge in [-0.15, -0.1) is 0 Å². The highest BCUT2D eigenvalue weighted by atomic mass is 16.7. The molecule has 38 heavy (non-hydrogen) atoms. The molecule has 0 spiro atoms. The van der Waals surface area contributed by atoms with Crippen LogP contribution in [-0.2, 0) is 28.5 Å². The number of azide groups is 1. The number of benzene rings is 1. The molecule has 1 aromatic rings. The van der Waals surface area contributed by atoms with E-state index in [1.165, 1.54) is 27.0 Å². The van der Waals surface area contributed by atoms with Crippen molar-refractivity contribution in [2.75, 3.05) is 7.11 Å². The number of fused-ring (bicyclic) bond motifs is 3. The first-order valence-electron chi connectivity index (χ1n) is 12.0. The maximum absolute atomic E-state index is 13.9. The fraction of sp³-hybridized carbons (Fsp3) is 0.520. The number of carbonyl (C=O) groups excluding carboxylic acids is 4. The minimum absolute atomic E-state index is 0.0157. The van der Waals surface area contributed by atoms with Gasteiger partial charge >= 0.3 is 11.9 Å². The monoisotopic (exact) mass is 527 g/mol. The minimum Gasteiger partial charge on any atom is -0.496 e. The summed E-state index contributed by atoms with van der Waals surface area (Å²) in [5.41, 5.74) is 8.96. The number of rotatable bonds is 4. The normalized spacial score (nSPS) is 34.0. The molecule has 0 bridgehead atoms. The molecule has 1 aromatic carbocycles. The molecule has 0 amide bonds. The molecule has 3 heterocycles. The Morgan fingerprint density at radius 1 is 1.26 bits per heavy atom. The first-order valence-corrected chi connectivity index (χ1v) is 12.0. The molecule has 13 nitrogen and oxygen atoms in total. The van der Waals surface area contributed by atoms with E-state index in [1.54, 1.807) is 13.0 Å². The van der Waals surface area contributed by atoms with Gasteiger partial charge in [0.15, 0.2) is 23.5 Å². The van der Waals surface area contributed by atoms with Crippen molar-refractivity contribution in [2.45, 2.75) is 76.0 Å². The number of esters is 2. The molecule has 1 aliphatic carbocycles. The molecular formula is C25H25N3O10. The zero-order valence-electron chi connectivity index (χ0n) is 21.0. The second-order valence-corrected chi connectivity index (χ2v) is 9.72. The Morgan fingerprint density at radius 3 is 2.66 bits per heavy atom. The number of aliphatic hydroxyl groups is 1. The van der Waals surface area contributed by atoms with Gasteiger partial charge in [0, 0.05) is 23.0 Å². The van der Waals surface area contributed by atoms with Crippen molar-refractivity contribution < 1.29 is 48.0 Å². The van der Waals surface area contributed by atoms with Gasteiger partial charge in [0.1, 0.15) is 18.0 Å². The van der Waals surface area contributed by atoms with Crippen molar-refractivity contribution in [1.82, 2.24) is 0 Å². The van der Waals surface area contributed by atoms with E-state index in [9.17, 15) is 24.3 Å². The predicted molar refractivity (Wildman–Crippen MR) is 125 cm³/mol. The smallest absolute Gasteiger partial charge is 0.309 e. The maximum atomic E-state index is 13.9. The van der Waals surface area contributed by atoms with E-state index in [-0.39, 0.29) is 40.9 Å². The Hall–Kier alpha value is -3.77. The largest absolute Gasteiger partial charge is 0.496 e. The number of hydrogen-bond acceptors (Lipinski definition) is 11. The number of ether oxygens (including phenoxy) is 5. The number of nitrogens with zero attached hydrogens (tertiary/aromatic N) is 3. The predicted octanol–water partition coefficient (Wildman–Crippen LogP) is 2.25. The summed E-state index contributed by atoms with van der Waals surface area (Å²) in [6.45, 7) is 4.13. The maximum Gasteiger partial charge on any atom is 0.309 e. The topological polar surface area (TPSA) is 183 Å². The van der Waals surface area contributed by atoms with Crippen LogP contribution >= 0.6 is 0 Å². The summed E-state index contributed by atoms with van der Waals surface area (Å²) in [6, 6.07) is 2.24. The molecule has 200 valence electrons.